The fourth-order valence-electron chi connectivity index (χ4n) is 4.07. The van der Waals surface area contributed by atoms with Crippen molar-refractivity contribution >= 4 is 28.5 Å². The number of aromatic nitrogens is 2. The van der Waals surface area contributed by atoms with E-state index in [9.17, 15) is 14.4 Å². The second-order valence-corrected chi connectivity index (χ2v) is 8.36. The highest BCUT2D eigenvalue weighted by Crippen LogP contribution is 2.23. The van der Waals surface area contributed by atoms with Gasteiger partial charge in [0.05, 0.1) is 17.1 Å². The third-order valence-electron chi connectivity index (χ3n) is 6.24. The van der Waals surface area contributed by atoms with E-state index in [2.05, 4.69) is 5.32 Å². The van der Waals surface area contributed by atoms with Crippen LogP contribution >= 0.6 is 0 Å². The van der Waals surface area contributed by atoms with E-state index in [1.165, 1.54) is 0 Å². The van der Waals surface area contributed by atoms with Crippen LogP contribution in [0.5, 0.6) is 0 Å². The smallest absolute Gasteiger partial charge is 0.328 e. The number of anilines is 1. The fourth-order valence-corrected chi connectivity index (χ4v) is 4.07. The minimum atomic E-state index is -0.203. The number of nitrogens with one attached hydrogen (secondary N) is 1. The van der Waals surface area contributed by atoms with Crippen LogP contribution in [0.3, 0.4) is 0 Å². The van der Waals surface area contributed by atoms with E-state index in [0.717, 1.165) is 16.6 Å². The number of imidazole rings is 1. The van der Waals surface area contributed by atoms with E-state index in [-0.39, 0.29) is 30.0 Å². The lowest BCUT2D eigenvalue weighted by Crippen LogP contribution is -2.31. The second kappa shape index (κ2) is 9.79. The minimum Gasteiger partial charge on any atom is -0.339 e. The molecule has 0 unspecified atom stereocenters. The SMILES string of the molecule is C[C@@H](c1cccc(NC(=O)c2ccccc2)c1)N(C)C(=O)CCn1c(=O)n(C)c2ccccc21. The molecule has 1 N–H and O–H groups in total. The summed E-state index contributed by atoms with van der Waals surface area (Å²) in [7, 11) is 3.49. The molecule has 1 heterocycles. The largest absolute Gasteiger partial charge is 0.339 e. The number of rotatable bonds is 7. The van der Waals surface area contributed by atoms with E-state index in [4.69, 9.17) is 0 Å². The van der Waals surface area contributed by atoms with Crippen LogP contribution in [0.4, 0.5) is 5.69 Å². The molecule has 1 atom stereocenters. The van der Waals surface area contributed by atoms with Crippen LogP contribution in [0.2, 0.25) is 0 Å². The van der Waals surface area contributed by atoms with Crippen molar-refractivity contribution in [3.8, 4) is 0 Å². The number of hydrogen-bond donors (Lipinski definition) is 1. The Bertz CT molecular complexity index is 1390. The van der Waals surface area contributed by atoms with Crippen molar-refractivity contribution in [2.75, 3.05) is 12.4 Å². The lowest BCUT2D eigenvalue weighted by atomic mass is 10.1. The van der Waals surface area contributed by atoms with Crippen molar-refractivity contribution in [3.05, 3.63) is 100 Å². The molecule has 4 rings (SSSR count). The molecule has 0 aliphatic heterocycles. The summed E-state index contributed by atoms with van der Waals surface area (Å²) in [5.41, 5.74) is 3.69. The van der Waals surface area contributed by atoms with Crippen molar-refractivity contribution in [1.82, 2.24) is 14.0 Å². The molecule has 1 aromatic heterocycles. The van der Waals surface area contributed by atoms with Crippen LogP contribution in [-0.2, 0) is 18.4 Å². The van der Waals surface area contributed by atoms with E-state index < -0.39 is 0 Å². The molecule has 2 amide bonds. The first-order valence-electron chi connectivity index (χ1n) is 11.2. The zero-order chi connectivity index (χ0) is 24.2. The summed E-state index contributed by atoms with van der Waals surface area (Å²) in [5, 5.41) is 2.91. The Balaban J connectivity index is 1.43. The molecule has 0 fully saturated rings. The van der Waals surface area contributed by atoms with Gasteiger partial charge in [0, 0.05) is 38.3 Å². The number of aryl methyl sites for hydroxylation is 2. The highest BCUT2D eigenvalue weighted by molar-refractivity contribution is 6.04. The van der Waals surface area contributed by atoms with Gasteiger partial charge >= 0.3 is 5.69 Å². The summed E-state index contributed by atoms with van der Waals surface area (Å²) >= 11 is 0. The Kier molecular flexibility index (Phi) is 6.63. The number of fused-ring (bicyclic) bond motifs is 1. The molecule has 3 aromatic carbocycles. The lowest BCUT2D eigenvalue weighted by molar-refractivity contribution is -0.132. The van der Waals surface area contributed by atoms with Gasteiger partial charge in [-0.2, -0.15) is 0 Å². The fraction of sp³-hybridized carbons (Fsp3) is 0.222. The second-order valence-electron chi connectivity index (χ2n) is 8.36. The number of carbonyl (C=O) groups excluding carboxylic acids is 2. The molecular formula is C27H28N4O3. The van der Waals surface area contributed by atoms with Crippen LogP contribution in [0.25, 0.3) is 11.0 Å². The average molecular weight is 457 g/mol. The van der Waals surface area contributed by atoms with Crippen molar-refractivity contribution in [1.29, 1.82) is 0 Å². The molecule has 174 valence electrons. The molecule has 0 aliphatic rings. The van der Waals surface area contributed by atoms with Gasteiger partial charge in [-0.1, -0.05) is 42.5 Å². The lowest BCUT2D eigenvalue weighted by Gasteiger charge is -2.26. The first-order chi connectivity index (χ1) is 16.4. The predicted octanol–water partition coefficient (Wildman–Crippen LogP) is 4.20. The standard InChI is InChI=1S/C27H28N4O3/c1-19(21-12-9-13-22(18-21)28-26(33)20-10-5-4-6-11-20)29(2)25(32)16-17-31-24-15-8-7-14-23(24)30(3)27(31)34/h4-15,18-19H,16-17H2,1-3H3,(H,28,33)/t19-/m0/s1. The molecule has 0 aliphatic carbocycles. The monoisotopic (exact) mass is 456 g/mol. The summed E-state index contributed by atoms with van der Waals surface area (Å²) in [6, 6.07) is 23.9. The number of amides is 2. The van der Waals surface area contributed by atoms with Gasteiger partial charge in [0.25, 0.3) is 5.91 Å². The van der Waals surface area contributed by atoms with Gasteiger partial charge in [-0.3, -0.25) is 18.7 Å². The maximum absolute atomic E-state index is 13.0. The number of nitrogens with zero attached hydrogens (tertiary/aromatic N) is 3. The Morgan fingerprint density at radius 3 is 2.35 bits per heavy atom. The molecule has 0 bridgehead atoms. The number of hydrogen-bond acceptors (Lipinski definition) is 3. The first kappa shape index (κ1) is 23.0. The molecular weight excluding hydrogens is 428 g/mol. The van der Waals surface area contributed by atoms with Crippen LogP contribution in [0.1, 0.15) is 35.3 Å². The van der Waals surface area contributed by atoms with Crippen molar-refractivity contribution in [2.24, 2.45) is 7.05 Å². The Hall–Kier alpha value is -4.13. The van der Waals surface area contributed by atoms with Crippen molar-refractivity contribution in [2.45, 2.75) is 25.9 Å². The zero-order valence-electron chi connectivity index (χ0n) is 19.6. The maximum Gasteiger partial charge on any atom is 0.328 e. The minimum absolute atomic E-state index is 0.0638. The molecule has 0 saturated heterocycles. The third-order valence-corrected chi connectivity index (χ3v) is 6.24. The Morgan fingerprint density at radius 1 is 0.941 bits per heavy atom. The van der Waals surface area contributed by atoms with Gasteiger partial charge in [0.1, 0.15) is 0 Å². The summed E-state index contributed by atoms with van der Waals surface area (Å²) in [4.78, 5) is 39.7. The Labute approximate surface area is 198 Å². The van der Waals surface area contributed by atoms with Gasteiger partial charge in [0.2, 0.25) is 5.91 Å². The molecule has 0 saturated carbocycles. The topological polar surface area (TPSA) is 76.3 Å². The molecule has 7 heteroatoms. The number of para-hydroxylation sites is 2. The van der Waals surface area contributed by atoms with Crippen LogP contribution < -0.4 is 11.0 Å². The average Bonchev–Trinajstić information content (AvgIpc) is 3.11. The third kappa shape index (κ3) is 4.64. The predicted molar refractivity (Wildman–Crippen MR) is 134 cm³/mol. The normalized spacial score (nSPS) is 11.9. The maximum atomic E-state index is 13.0. The molecule has 0 spiro atoms. The van der Waals surface area contributed by atoms with E-state index in [0.29, 0.717) is 17.8 Å². The summed E-state index contributed by atoms with van der Waals surface area (Å²) in [6.45, 7) is 2.25. The van der Waals surface area contributed by atoms with E-state index in [1.54, 1.807) is 40.3 Å². The van der Waals surface area contributed by atoms with Crippen molar-refractivity contribution in [3.63, 3.8) is 0 Å². The van der Waals surface area contributed by atoms with Gasteiger partial charge in [-0.25, -0.2) is 4.79 Å². The van der Waals surface area contributed by atoms with Gasteiger partial charge in [-0.15, -0.1) is 0 Å². The van der Waals surface area contributed by atoms with Gasteiger partial charge in [-0.05, 0) is 48.9 Å². The molecule has 34 heavy (non-hydrogen) atoms. The number of carbonyl (C=O) groups is 2. The van der Waals surface area contributed by atoms with Gasteiger partial charge < -0.3 is 10.2 Å². The van der Waals surface area contributed by atoms with Crippen LogP contribution in [-0.4, -0.2) is 32.9 Å². The summed E-state index contributed by atoms with van der Waals surface area (Å²) in [6.07, 6.45) is 0.208. The van der Waals surface area contributed by atoms with Crippen LogP contribution in [0.15, 0.2) is 83.7 Å². The highest BCUT2D eigenvalue weighted by Gasteiger charge is 2.19. The van der Waals surface area contributed by atoms with E-state index in [1.807, 2.05) is 73.7 Å². The first-order valence-corrected chi connectivity index (χ1v) is 11.2. The van der Waals surface area contributed by atoms with Gasteiger partial charge in [0.15, 0.2) is 0 Å². The summed E-state index contributed by atoms with van der Waals surface area (Å²) < 4.78 is 3.24. The molecule has 4 aromatic rings. The van der Waals surface area contributed by atoms with Crippen LogP contribution in [0, 0.1) is 0 Å². The summed E-state index contributed by atoms with van der Waals surface area (Å²) in [5.74, 6) is -0.249. The Morgan fingerprint density at radius 2 is 1.62 bits per heavy atom. The zero-order valence-corrected chi connectivity index (χ0v) is 19.6. The number of benzene rings is 3. The highest BCUT2D eigenvalue weighted by atomic mass is 16.2. The van der Waals surface area contributed by atoms with E-state index >= 15 is 0 Å². The quantitative estimate of drug-likeness (QED) is 0.453. The molecule has 0 radical (unpaired) electrons. The molecule has 7 nitrogen and oxygen atoms in total. The van der Waals surface area contributed by atoms with Crippen molar-refractivity contribution < 1.29 is 9.59 Å².